The van der Waals surface area contributed by atoms with E-state index in [0.717, 1.165) is 33.8 Å². The Morgan fingerprint density at radius 2 is 2.04 bits per heavy atom. The molecular weight excluding hydrogens is 354 g/mol. The molecule has 144 valence electrons. The Labute approximate surface area is 163 Å². The van der Waals surface area contributed by atoms with Crippen LogP contribution in [0.5, 0.6) is 11.5 Å². The zero-order valence-corrected chi connectivity index (χ0v) is 16.4. The molecule has 1 unspecified atom stereocenters. The van der Waals surface area contributed by atoms with Gasteiger partial charge in [0, 0.05) is 24.1 Å². The molecular formula is C21H23N5O2. The van der Waals surface area contributed by atoms with Gasteiger partial charge in [-0.25, -0.2) is 15.0 Å². The largest absolute Gasteiger partial charge is 0.504 e. The molecule has 1 aromatic carbocycles. The van der Waals surface area contributed by atoms with Crippen molar-refractivity contribution in [2.75, 3.05) is 12.4 Å². The quantitative estimate of drug-likeness (QED) is 0.546. The van der Waals surface area contributed by atoms with Gasteiger partial charge in [0.25, 0.3) is 0 Å². The molecule has 4 rings (SSSR count). The summed E-state index contributed by atoms with van der Waals surface area (Å²) in [5.41, 5.74) is 3.67. The number of hydrogen-bond acceptors (Lipinski definition) is 6. The lowest BCUT2D eigenvalue weighted by Gasteiger charge is -2.18. The number of aromatic nitrogens is 4. The van der Waals surface area contributed by atoms with Crippen molar-refractivity contribution >= 4 is 22.4 Å². The van der Waals surface area contributed by atoms with E-state index in [9.17, 15) is 5.11 Å². The Hall–Kier alpha value is -3.35. The molecule has 0 bridgehead atoms. The molecule has 0 saturated heterocycles. The van der Waals surface area contributed by atoms with Crippen molar-refractivity contribution in [2.24, 2.45) is 0 Å². The fourth-order valence-electron chi connectivity index (χ4n) is 3.55. The Morgan fingerprint density at radius 3 is 2.79 bits per heavy atom. The lowest BCUT2D eigenvalue weighted by molar-refractivity contribution is 0.374. The summed E-state index contributed by atoms with van der Waals surface area (Å²) in [7, 11) is 1.53. The summed E-state index contributed by atoms with van der Waals surface area (Å²) in [6, 6.07) is 9.28. The second-order valence-corrected chi connectivity index (χ2v) is 6.76. The second kappa shape index (κ2) is 6.99. The van der Waals surface area contributed by atoms with E-state index in [0.29, 0.717) is 18.0 Å². The monoisotopic (exact) mass is 377 g/mol. The maximum atomic E-state index is 10.2. The first-order chi connectivity index (χ1) is 13.5. The van der Waals surface area contributed by atoms with Crippen molar-refractivity contribution in [3.05, 3.63) is 53.7 Å². The lowest BCUT2D eigenvalue weighted by atomic mass is 10.1. The van der Waals surface area contributed by atoms with Crippen LogP contribution in [0.1, 0.15) is 37.1 Å². The van der Waals surface area contributed by atoms with Gasteiger partial charge in [-0.2, -0.15) is 0 Å². The van der Waals surface area contributed by atoms with Gasteiger partial charge < -0.3 is 19.6 Å². The SMILES string of the molecule is CCc1nc(NC(C)c2c(C)nc3ccccn23)c2cc(O)c(OC)cc2n1. The molecule has 7 nitrogen and oxygen atoms in total. The first-order valence-electron chi connectivity index (χ1n) is 9.29. The number of aryl methyl sites for hydroxylation is 2. The van der Waals surface area contributed by atoms with E-state index in [1.54, 1.807) is 12.1 Å². The van der Waals surface area contributed by atoms with Crippen molar-refractivity contribution in [1.82, 2.24) is 19.4 Å². The molecule has 28 heavy (non-hydrogen) atoms. The highest BCUT2D eigenvalue weighted by Gasteiger charge is 2.18. The predicted molar refractivity (Wildman–Crippen MR) is 109 cm³/mol. The van der Waals surface area contributed by atoms with Crippen LogP contribution in [0.25, 0.3) is 16.6 Å². The van der Waals surface area contributed by atoms with Crippen LogP contribution >= 0.6 is 0 Å². The fraction of sp³-hybridized carbons (Fsp3) is 0.286. The van der Waals surface area contributed by atoms with E-state index >= 15 is 0 Å². The lowest BCUT2D eigenvalue weighted by Crippen LogP contribution is -2.13. The number of ether oxygens (including phenoxy) is 1. The van der Waals surface area contributed by atoms with Crippen molar-refractivity contribution in [2.45, 2.75) is 33.2 Å². The Balaban J connectivity index is 1.82. The fourth-order valence-corrected chi connectivity index (χ4v) is 3.55. The van der Waals surface area contributed by atoms with E-state index in [1.807, 2.05) is 38.2 Å². The van der Waals surface area contributed by atoms with E-state index in [4.69, 9.17) is 4.74 Å². The van der Waals surface area contributed by atoms with Gasteiger partial charge in [0.2, 0.25) is 0 Å². The molecule has 0 aliphatic carbocycles. The molecule has 0 spiro atoms. The summed E-state index contributed by atoms with van der Waals surface area (Å²) >= 11 is 0. The van der Waals surface area contributed by atoms with Gasteiger partial charge in [0.15, 0.2) is 11.5 Å². The third kappa shape index (κ3) is 2.98. The topological polar surface area (TPSA) is 84.6 Å². The minimum atomic E-state index is -0.0514. The van der Waals surface area contributed by atoms with Crippen LogP contribution in [0, 0.1) is 6.92 Å². The Morgan fingerprint density at radius 1 is 1.21 bits per heavy atom. The maximum absolute atomic E-state index is 10.2. The van der Waals surface area contributed by atoms with Crippen molar-refractivity contribution < 1.29 is 9.84 Å². The standard InChI is InChI=1S/C21H23N5O2/c1-5-18-24-15-11-17(28-4)16(27)10-14(15)21(25-18)23-13(3)20-12(2)22-19-8-6-7-9-26(19)20/h6-11,13,27H,5H2,1-4H3,(H,23,24,25). The molecule has 0 radical (unpaired) electrons. The summed E-state index contributed by atoms with van der Waals surface area (Å²) < 4.78 is 7.31. The molecule has 0 aliphatic heterocycles. The number of aromatic hydroxyl groups is 1. The number of nitrogens with one attached hydrogen (secondary N) is 1. The van der Waals surface area contributed by atoms with Crippen molar-refractivity contribution in [3.8, 4) is 11.5 Å². The van der Waals surface area contributed by atoms with E-state index in [1.165, 1.54) is 7.11 Å². The highest BCUT2D eigenvalue weighted by Crippen LogP contribution is 2.34. The van der Waals surface area contributed by atoms with Crippen molar-refractivity contribution in [3.63, 3.8) is 0 Å². The summed E-state index contributed by atoms with van der Waals surface area (Å²) in [6.45, 7) is 6.10. The molecule has 0 aliphatic rings. The maximum Gasteiger partial charge on any atom is 0.162 e. The molecule has 7 heteroatoms. The average Bonchev–Trinajstić information content (AvgIpc) is 3.03. The zero-order valence-electron chi connectivity index (χ0n) is 16.4. The van der Waals surface area contributed by atoms with Crippen molar-refractivity contribution in [1.29, 1.82) is 0 Å². The van der Waals surface area contributed by atoms with E-state index < -0.39 is 0 Å². The average molecular weight is 377 g/mol. The number of hydrogen-bond donors (Lipinski definition) is 2. The van der Waals surface area contributed by atoms with Gasteiger partial charge in [-0.15, -0.1) is 0 Å². The molecule has 1 atom stereocenters. The smallest absolute Gasteiger partial charge is 0.162 e. The van der Waals surface area contributed by atoms with Gasteiger partial charge in [-0.3, -0.25) is 0 Å². The van der Waals surface area contributed by atoms with E-state index in [-0.39, 0.29) is 11.8 Å². The third-order valence-electron chi connectivity index (χ3n) is 4.87. The molecule has 0 amide bonds. The number of phenols is 1. The van der Waals surface area contributed by atoms with Crippen LogP contribution in [0.2, 0.25) is 0 Å². The summed E-state index contributed by atoms with van der Waals surface area (Å²) in [5.74, 6) is 1.86. The molecule has 0 fully saturated rings. The number of nitrogens with zero attached hydrogens (tertiary/aromatic N) is 4. The first kappa shape index (κ1) is 18.0. The summed E-state index contributed by atoms with van der Waals surface area (Å²) in [6.07, 6.45) is 2.71. The summed E-state index contributed by atoms with van der Waals surface area (Å²) in [5, 5.41) is 14.5. The van der Waals surface area contributed by atoms with Gasteiger partial charge in [0.05, 0.1) is 30.1 Å². The number of pyridine rings is 1. The van der Waals surface area contributed by atoms with Crippen LogP contribution in [0.4, 0.5) is 5.82 Å². The molecule has 2 N–H and O–H groups in total. The van der Waals surface area contributed by atoms with Crippen LogP contribution in [0.15, 0.2) is 36.5 Å². The Kier molecular flexibility index (Phi) is 4.50. The normalized spacial score (nSPS) is 12.4. The van der Waals surface area contributed by atoms with Gasteiger partial charge in [-0.05, 0) is 32.0 Å². The molecule has 3 aromatic heterocycles. The highest BCUT2D eigenvalue weighted by molar-refractivity contribution is 5.91. The molecule has 0 saturated carbocycles. The van der Waals surface area contributed by atoms with Gasteiger partial charge in [-0.1, -0.05) is 13.0 Å². The Bertz CT molecular complexity index is 1170. The summed E-state index contributed by atoms with van der Waals surface area (Å²) in [4.78, 5) is 13.9. The number of imidazole rings is 1. The number of anilines is 1. The second-order valence-electron chi connectivity index (χ2n) is 6.76. The third-order valence-corrected chi connectivity index (χ3v) is 4.87. The van der Waals surface area contributed by atoms with Crippen LogP contribution in [0.3, 0.4) is 0 Å². The number of phenolic OH excluding ortho intramolecular Hbond substituents is 1. The van der Waals surface area contributed by atoms with E-state index in [2.05, 4.69) is 31.6 Å². The first-order valence-corrected chi connectivity index (χ1v) is 9.29. The number of methoxy groups -OCH3 is 1. The number of fused-ring (bicyclic) bond motifs is 2. The zero-order chi connectivity index (χ0) is 19.8. The number of benzene rings is 1. The minimum Gasteiger partial charge on any atom is -0.504 e. The van der Waals surface area contributed by atoms with Crippen LogP contribution in [-0.2, 0) is 6.42 Å². The predicted octanol–water partition coefficient (Wildman–Crippen LogP) is 4.04. The number of rotatable bonds is 5. The van der Waals surface area contributed by atoms with Crippen LogP contribution in [-0.4, -0.2) is 31.6 Å². The van der Waals surface area contributed by atoms with Gasteiger partial charge >= 0.3 is 0 Å². The molecule has 4 aromatic rings. The molecule has 3 heterocycles. The highest BCUT2D eigenvalue weighted by atomic mass is 16.5. The van der Waals surface area contributed by atoms with Crippen LogP contribution < -0.4 is 10.1 Å². The van der Waals surface area contributed by atoms with Gasteiger partial charge in [0.1, 0.15) is 17.3 Å². The minimum absolute atomic E-state index is 0.0514.